The molecule has 194 valence electrons. The van der Waals surface area contributed by atoms with Gasteiger partial charge in [-0.05, 0) is 12.8 Å². The molecule has 0 saturated carbocycles. The van der Waals surface area contributed by atoms with Crippen molar-refractivity contribution in [3.63, 3.8) is 0 Å². The first kappa shape index (κ1) is 42.6. The molecule has 34 heavy (non-hydrogen) atoms. The zero-order chi connectivity index (χ0) is 24.0. The van der Waals surface area contributed by atoms with Gasteiger partial charge in [-0.3, -0.25) is 0 Å². The summed E-state index contributed by atoms with van der Waals surface area (Å²) in [6.45, 7) is 8.38. The maximum atomic E-state index is 10.2. The summed E-state index contributed by atoms with van der Waals surface area (Å²) in [6.07, 6.45) is 33.7. The van der Waals surface area contributed by atoms with Crippen molar-refractivity contribution in [2.24, 2.45) is 0 Å². The molecule has 0 bridgehead atoms. The van der Waals surface area contributed by atoms with Crippen LogP contribution in [-0.4, -0.2) is 5.97 Å². The maximum absolute atomic E-state index is 10.2. The number of rotatable bonds is 25. The Kier molecular flexibility index (Phi) is 52.1. The van der Waals surface area contributed by atoms with Crippen LogP contribution < -0.4 is 64.2 Å². The quantitative estimate of drug-likeness (QED) is 0.109. The summed E-state index contributed by atoms with van der Waals surface area (Å²) >= 11 is 0. The Morgan fingerprint density at radius 2 is 0.706 bits per heavy atom. The van der Waals surface area contributed by atoms with Gasteiger partial charge in [-0.25, -0.2) is 0 Å². The second kappa shape index (κ2) is 41.6. The SMILES string of the molecule is CCCCCCCCCCCCCCCCCC(=O)[O-].[CH2-]CCCCCCCCCCC.[Na+].[Na+]. The fourth-order valence-electron chi connectivity index (χ4n) is 4.13. The molecule has 0 radical (unpaired) electrons. The molecule has 0 spiro atoms. The van der Waals surface area contributed by atoms with E-state index in [1.165, 1.54) is 141 Å². The van der Waals surface area contributed by atoms with Crippen LogP contribution >= 0.6 is 0 Å². The molecule has 0 aliphatic rings. The first-order valence-electron chi connectivity index (χ1n) is 14.7. The third-order valence-electron chi connectivity index (χ3n) is 6.34. The van der Waals surface area contributed by atoms with Crippen LogP contribution in [0.4, 0.5) is 0 Å². The minimum atomic E-state index is -0.903. The van der Waals surface area contributed by atoms with Crippen molar-refractivity contribution >= 4 is 5.97 Å². The number of aliphatic carboxylic acids is 1. The molecule has 4 heteroatoms. The van der Waals surface area contributed by atoms with Crippen LogP contribution in [0.15, 0.2) is 0 Å². The molecular formula is C30H60Na2O2. The van der Waals surface area contributed by atoms with E-state index >= 15 is 0 Å². The van der Waals surface area contributed by atoms with E-state index in [9.17, 15) is 9.90 Å². The Morgan fingerprint density at radius 1 is 0.471 bits per heavy atom. The molecule has 0 atom stereocenters. The third-order valence-corrected chi connectivity index (χ3v) is 6.34. The van der Waals surface area contributed by atoms with E-state index < -0.39 is 5.97 Å². The van der Waals surface area contributed by atoms with Crippen molar-refractivity contribution in [3.05, 3.63) is 6.92 Å². The van der Waals surface area contributed by atoms with Crippen LogP contribution in [0.2, 0.25) is 0 Å². The predicted molar refractivity (Wildman–Crippen MR) is 142 cm³/mol. The Morgan fingerprint density at radius 3 is 0.941 bits per heavy atom. The van der Waals surface area contributed by atoms with Crippen LogP contribution in [0.5, 0.6) is 0 Å². The van der Waals surface area contributed by atoms with Crippen LogP contribution in [0.3, 0.4) is 0 Å². The van der Waals surface area contributed by atoms with Gasteiger partial charge in [-0.2, -0.15) is 6.42 Å². The summed E-state index contributed by atoms with van der Waals surface area (Å²) in [6, 6.07) is 0. The second-order valence-electron chi connectivity index (χ2n) is 9.75. The molecule has 0 saturated heterocycles. The molecule has 0 amide bonds. The van der Waals surface area contributed by atoms with E-state index in [2.05, 4.69) is 20.8 Å². The molecule has 0 heterocycles. The zero-order valence-electron chi connectivity index (χ0n) is 24.4. The summed E-state index contributed by atoms with van der Waals surface area (Å²) in [5.41, 5.74) is 0. The van der Waals surface area contributed by atoms with Crippen LogP contribution in [-0.2, 0) is 4.79 Å². The van der Waals surface area contributed by atoms with E-state index in [-0.39, 0.29) is 65.5 Å². The van der Waals surface area contributed by atoms with Gasteiger partial charge < -0.3 is 16.8 Å². The molecule has 0 unspecified atom stereocenters. The number of carboxylic acid groups (broad SMARTS) is 1. The molecule has 0 aromatic carbocycles. The molecule has 0 aliphatic heterocycles. The summed E-state index contributed by atoms with van der Waals surface area (Å²) in [4.78, 5) is 10.2. The summed E-state index contributed by atoms with van der Waals surface area (Å²) in [5.74, 6) is -0.903. The van der Waals surface area contributed by atoms with Crippen LogP contribution in [0.25, 0.3) is 0 Å². The van der Waals surface area contributed by atoms with Crippen molar-refractivity contribution in [3.8, 4) is 0 Å². The number of carbonyl (C=O) groups excluding carboxylic acids is 1. The molecule has 0 fully saturated rings. The Labute approximate surface area is 260 Å². The fourth-order valence-corrected chi connectivity index (χ4v) is 4.13. The van der Waals surface area contributed by atoms with Gasteiger partial charge >= 0.3 is 59.1 Å². The summed E-state index contributed by atoms with van der Waals surface area (Å²) < 4.78 is 0. The second-order valence-corrected chi connectivity index (χ2v) is 9.75. The van der Waals surface area contributed by atoms with Crippen molar-refractivity contribution in [1.82, 2.24) is 0 Å². The summed E-state index contributed by atoms with van der Waals surface area (Å²) in [7, 11) is 0. The standard InChI is InChI=1S/C18H36O2.C12H25.2Na/c1-2-3-4-5-6-7-8-9-10-11-12-13-14-15-16-17-18(19)20;1-3-5-7-9-11-12-10-8-6-4-2;;/h2-17H2,1H3,(H,19,20);1,3-12H2,2H3;;/q;-1;2*+1/p-1. The average Bonchev–Trinajstić information content (AvgIpc) is 2.78. The molecule has 0 aliphatic carbocycles. The Balaban J connectivity index is -0.000000279. The van der Waals surface area contributed by atoms with Crippen LogP contribution in [0, 0.1) is 6.92 Å². The Bertz CT molecular complexity index is 328. The van der Waals surface area contributed by atoms with Gasteiger partial charge in [-0.15, -0.1) is 0 Å². The predicted octanol–water partition coefficient (Wildman–Crippen LogP) is 3.75. The topological polar surface area (TPSA) is 40.1 Å². The molecule has 0 aromatic rings. The third kappa shape index (κ3) is 46.8. The van der Waals surface area contributed by atoms with E-state index in [4.69, 9.17) is 0 Å². The zero-order valence-corrected chi connectivity index (χ0v) is 28.4. The fraction of sp³-hybridized carbons (Fsp3) is 0.933. The van der Waals surface area contributed by atoms with Gasteiger partial charge in [0.1, 0.15) is 0 Å². The van der Waals surface area contributed by atoms with Crippen molar-refractivity contribution in [2.45, 2.75) is 181 Å². The van der Waals surface area contributed by atoms with E-state index in [1.54, 1.807) is 0 Å². The molecule has 0 N–H and O–H groups in total. The van der Waals surface area contributed by atoms with Gasteiger partial charge in [0.15, 0.2) is 0 Å². The van der Waals surface area contributed by atoms with Gasteiger partial charge in [0.2, 0.25) is 0 Å². The van der Waals surface area contributed by atoms with Crippen molar-refractivity contribution in [1.29, 1.82) is 0 Å². The summed E-state index contributed by atoms with van der Waals surface area (Å²) in [5, 5.41) is 10.2. The van der Waals surface area contributed by atoms with Crippen molar-refractivity contribution in [2.75, 3.05) is 0 Å². The van der Waals surface area contributed by atoms with Gasteiger partial charge in [0.25, 0.3) is 0 Å². The normalized spacial score (nSPS) is 10.1. The number of carboxylic acids is 1. The van der Waals surface area contributed by atoms with Crippen molar-refractivity contribution < 1.29 is 69.0 Å². The monoisotopic (exact) mass is 498 g/mol. The first-order chi connectivity index (χ1) is 15.7. The van der Waals surface area contributed by atoms with Crippen LogP contribution in [0.1, 0.15) is 181 Å². The minimum Gasteiger partial charge on any atom is -0.550 e. The smallest absolute Gasteiger partial charge is 0.550 e. The van der Waals surface area contributed by atoms with E-state index in [0.29, 0.717) is 0 Å². The Hall–Kier alpha value is 1.47. The number of hydrogen-bond acceptors (Lipinski definition) is 2. The number of unbranched alkanes of at least 4 members (excludes halogenated alkanes) is 23. The van der Waals surface area contributed by atoms with E-state index in [1.807, 2.05) is 0 Å². The first-order valence-corrected chi connectivity index (χ1v) is 14.7. The van der Waals surface area contributed by atoms with Gasteiger partial charge in [0.05, 0.1) is 0 Å². The minimum absolute atomic E-state index is 0. The van der Waals surface area contributed by atoms with Gasteiger partial charge in [0, 0.05) is 5.97 Å². The maximum Gasteiger partial charge on any atom is 1.00 e. The number of hydrogen-bond donors (Lipinski definition) is 0. The molecule has 2 nitrogen and oxygen atoms in total. The van der Waals surface area contributed by atoms with E-state index in [0.717, 1.165) is 19.3 Å². The average molecular weight is 499 g/mol. The number of carbonyl (C=O) groups is 1. The largest absolute Gasteiger partial charge is 1.00 e. The van der Waals surface area contributed by atoms with Gasteiger partial charge in [-0.1, -0.05) is 162 Å². The molecular weight excluding hydrogens is 438 g/mol. The molecule has 0 aromatic heterocycles. The molecule has 0 rings (SSSR count).